The summed E-state index contributed by atoms with van der Waals surface area (Å²) in [4.78, 5) is 1.40. The van der Waals surface area contributed by atoms with E-state index in [0.29, 0.717) is 6.07 Å². The van der Waals surface area contributed by atoms with Crippen molar-refractivity contribution in [2.24, 2.45) is 0 Å². The molecule has 0 N–H and O–H groups in total. The van der Waals surface area contributed by atoms with Crippen molar-refractivity contribution in [3.05, 3.63) is 16.4 Å². The lowest BCUT2D eigenvalue weighted by molar-refractivity contribution is -0.143. The van der Waals surface area contributed by atoms with Crippen molar-refractivity contribution in [1.82, 2.24) is 4.98 Å². The Morgan fingerprint density at radius 3 is 1.86 bits per heavy atom. The zero-order valence-electron chi connectivity index (χ0n) is 10.9. The van der Waals surface area contributed by atoms with Gasteiger partial charge in [0.25, 0.3) is 0 Å². The minimum atomic E-state index is -5.02. The normalized spacial score (nSPS) is 13.4. The number of pyridine rings is 1. The van der Waals surface area contributed by atoms with Gasteiger partial charge in [0.15, 0.2) is 25.4 Å². The summed E-state index contributed by atoms with van der Waals surface area (Å²) in [6, 6.07) is 0.511. The molecule has 1 aromatic heterocycles. The van der Waals surface area contributed by atoms with Crippen molar-refractivity contribution in [3.63, 3.8) is 0 Å². The highest BCUT2D eigenvalue weighted by molar-refractivity contribution is 9.10. The van der Waals surface area contributed by atoms with Crippen LogP contribution in [-0.2, 0) is 25.9 Å². The van der Waals surface area contributed by atoms with Gasteiger partial charge in [0, 0.05) is 0 Å². The maximum Gasteiger partial charge on any atom is 0.434 e. The monoisotopic (exact) mass is 409 g/mol. The van der Waals surface area contributed by atoms with E-state index >= 15 is 0 Å². The minimum absolute atomic E-state index is 0.399. The zero-order chi connectivity index (χ0) is 16.6. The van der Waals surface area contributed by atoms with Gasteiger partial charge >= 0.3 is 6.18 Å². The second kappa shape index (κ2) is 5.84. The van der Waals surface area contributed by atoms with Gasteiger partial charge in [-0.1, -0.05) is 13.8 Å². The Kier molecular flexibility index (Phi) is 5.11. The third-order valence-corrected chi connectivity index (χ3v) is 6.96. The lowest BCUT2D eigenvalue weighted by atomic mass is 10.3. The van der Waals surface area contributed by atoms with Crippen LogP contribution in [0.1, 0.15) is 19.5 Å². The molecule has 0 aliphatic rings. The summed E-state index contributed by atoms with van der Waals surface area (Å²) in [7, 11) is -8.21. The van der Waals surface area contributed by atoms with E-state index in [1.54, 1.807) is 0 Å². The fourth-order valence-electron chi connectivity index (χ4n) is 1.42. The highest BCUT2D eigenvalue weighted by Gasteiger charge is 2.40. The van der Waals surface area contributed by atoms with Crippen LogP contribution in [0.15, 0.2) is 20.5 Å². The quantitative estimate of drug-likeness (QED) is 0.713. The largest absolute Gasteiger partial charge is 0.434 e. The van der Waals surface area contributed by atoms with Gasteiger partial charge in [-0.05, 0) is 22.0 Å². The lowest BCUT2D eigenvalue weighted by Gasteiger charge is -2.14. The zero-order valence-corrected chi connectivity index (χ0v) is 14.1. The van der Waals surface area contributed by atoms with E-state index in [0.717, 1.165) is 6.92 Å². The Morgan fingerprint density at radius 1 is 1.05 bits per heavy atom. The first-order chi connectivity index (χ1) is 9.36. The first-order valence-electron chi connectivity index (χ1n) is 5.60. The smallest absolute Gasteiger partial charge is 0.234 e. The maximum atomic E-state index is 12.9. The molecule has 0 unspecified atom stereocenters. The van der Waals surface area contributed by atoms with E-state index in [2.05, 4.69) is 20.9 Å². The highest BCUT2D eigenvalue weighted by Crippen LogP contribution is 2.36. The van der Waals surface area contributed by atoms with E-state index in [-0.39, 0.29) is 0 Å². The minimum Gasteiger partial charge on any atom is -0.234 e. The molecule has 120 valence electrons. The summed E-state index contributed by atoms with van der Waals surface area (Å²) >= 11 is 2.65. The van der Waals surface area contributed by atoms with Crippen LogP contribution in [0.3, 0.4) is 0 Å². The summed E-state index contributed by atoms with van der Waals surface area (Å²) < 4.78 is 85.4. The van der Waals surface area contributed by atoms with Crippen molar-refractivity contribution in [3.8, 4) is 0 Å². The van der Waals surface area contributed by atoms with Gasteiger partial charge in [-0.25, -0.2) is 21.8 Å². The fraction of sp³-hybridized carbons (Fsp3) is 0.500. The van der Waals surface area contributed by atoms with Crippen LogP contribution in [0.2, 0.25) is 0 Å². The average molecular weight is 410 g/mol. The van der Waals surface area contributed by atoms with Crippen LogP contribution < -0.4 is 0 Å². The molecule has 1 heterocycles. The molecule has 11 heteroatoms. The van der Waals surface area contributed by atoms with Gasteiger partial charge in [0.2, 0.25) is 0 Å². The summed E-state index contributed by atoms with van der Waals surface area (Å²) in [5.74, 6) is -1.00. The molecule has 0 aliphatic carbocycles. The topological polar surface area (TPSA) is 81.2 Å². The van der Waals surface area contributed by atoms with Gasteiger partial charge in [-0.2, -0.15) is 13.2 Å². The number of hydrogen-bond acceptors (Lipinski definition) is 5. The van der Waals surface area contributed by atoms with E-state index < -0.39 is 57.4 Å². The lowest BCUT2D eigenvalue weighted by Crippen LogP contribution is -2.19. The molecule has 0 atom stereocenters. The van der Waals surface area contributed by atoms with Crippen LogP contribution in [0, 0.1) is 0 Å². The van der Waals surface area contributed by atoms with Crippen LogP contribution in [0.5, 0.6) is 0 Å². The van der Waals surface area contributed by atoms with Crippen molar-refractivity contribution < 1.29 is 30.0 Å². The number of halogens is 4. The molecule has 0 bridgehead atoms. The Labute approximate surface area is 128 Å². The predicted molar refractivity (Wildman–Crippen MR) is 72.4 cm³/mol. The molecule has 0 radical (unpaired) electrons. The summed E-state index contributed by atoms with van der Waals surface area (Å²) in [6.45, 7) is 2.44. The van der Waals surface area contributed by atoms with Crippen molar-refractivity contribution >= 4 is 35.6 Å². The van der Waals surface area contributed by atoms with Crippen LogP contribution in [-0.4, -0.2) is 33.3 Å². The Bertz CT molecular complexity index is 757. The highest BCUT2D eigenvalue weighted by atomic mass is 79.9. The Hall–Kier alpha value is -0.680. The number of nitrogens with zero attached hydrogens (tertiary/aromatic N) is 1. The van der Waals surface area contributed by atoms with Gasteiger partial charge in [0.05, 0.1) is 16.4 Å². The standard InChI is InChI=1S/C10H11BrF3NO4S2/c1-3-20(16,17)6-5-7(21(18,19)4-2)9(11)15-8(6)10(12,13)14/h5H,3-4H2,1-2H3. The van der Waals surface area contributed by atoms with Gasteiger partial charge in [-0.3, -0.25) is 0 Å². The molecule has 1 rings (SSSR count). The SMILES string of the molecule is CCS(=O)(=O)c1cc(S(=O)(=O)CC)c(C(F)(F)F)nc1Br. The summed E-state index contributed by atoms with van der Waals surface area (Å²) in [5.41, 5.74) is -1.63. The van der Waals surface area contributed by atoms with Gasteiger partial charge in [0.1, 0.15) is 9.50 Å². The molecule has 21 heavy (non-hydrogen) atoms. The molecule has 0 aromatic carbocycles. The molecule has 5 nitrogen and oxygen atoms in total. The van der Waals surface area contributed by atoms with E-state index in [4.69, 9.17) is 0 Å². The summed E-state index contributed by atoms with van der Waals surface area (Å²) in [5, 5.41) is 0. The Morgan fingerprint density at radius 2 is 1.48 bits per heavy atom. The number of rotatable bonds is 4. The number of sulfone groups is 2. The number of aromatic nitrogens is 1. The van der Waals surface area contributed by atoms with Crippen LogP contribution >= 0.6 is 15.9 Å². The van der Waals surface area contributed by atoms with E-state index in [9.17, 15) is 30.0 Å². The molecule has 0 fully saturated rings. The Balaban J connectivity index is 3.87. The molecular formula is C10H11BrF3NO4S2. The number of hydrogen-bond donors (Lipinski definition) is 0. The van der Waals surface area contributed by atoms with Crippen molar-refractivity contribution in [2.75, 3.05) is 11.5 Å². The average Bonchev–Trinajstić information content (AvgIpc) is 2.36. The second-order valence-electron chi connectivity index (χ2n) is 3.93. The van der Waals surface area contributed by atoms with Gasteiger partial charge < -0.3 is 0 Å². The molecule has 0 saturated heterocycles. The maximum absolute atomic E-state index is 12.9. The molecule has 1 aromatic rings. The molecular weight excluding hydrogens is 399 g/mol. The molecule has 0 aliphatic heterocycles. The fourth-order valence-corrected chi connectivity index (χ4v) is 4.51. The number of alkyl halides is 3. The van der Waals surface area contributed by atoms with Gasteiger partial charge in [-0.15, -0.1) is 0 Å². The van der Waals surface area contributed by atoms with E-state index in [1.165, 1.54) is 6.92 Å². The van der Waals surface area contributed by atoms with Crippen LogP contribution in [0.25, 0.3) is 0 Å². The van der Waals surface area contributed by atoms with E-state index in [1.807, 2.05) is 0 Å². The molecule has 0 amide bonds. The first-order valence-corrected chi connectivity index (χ1v) is 9.69. The third kappa shape index (κ3) is 3.75. The second-order valence-corrected chi connectivity index (χ2v) is 9.17. The molecule has 0 saturated carbocycles. The van der Waals surface area contributed by atoms with Crippen LogP contribution in [0.4, 0.5) is 13.2 Å². The first kappa shape index (κ1) is 18.4. The molecule has 0 spiro atoms. The third-order valence-electron chi connectivity index (χ3n) is 2.61. The van der Waals surface area contributed by atoms with Crippen molar-refractivity contribution in [1.29, 1.82) is 0 Å². The van der Waals surface area contributed by atoms with Crippen molar-refractivity contribution in [2.45, 2.75) is 29.8 Å². The summed E-state index contributed by atoms with van der Waals surface area (Å²) in [6.07, 6.45) is -5.02. The predicted octanol–water partition coefficient (Wildman–Crippen LogP) is 2.45.